The van der Waals surface area contributed by atoms with Crippen LogP contribution in [0.15, 0.2) is 24.3 Å². The SMILES string of the molecule is CC(O)c1ccc(NC(=O)N2CCC(C(C)O)C2)cc1. The van der Waals surface area contributed by atoms with Gasteiger partial charge in [-0.1, -0.05) is 12.1 Å². The Kier molecular flexibility index (Phi) is 4.62. The lowest BCUT2D eigenvalue weighted by molar-refractivity contribution is 0.130. The van der Waals surface area contributed by atoms with Crippen LogP contribution in [0.1, 0.15) is 31.9 Å². The number of benzene rings is 1. The minimum Gasteiger partial charge on any atom is -0.393 e. The molecule has 1 aliphatic rings. The van der Waals surface area contributed by atoms with Crippen molar-refractivity contribution in [1.82, 2.24) is 4.90 Å². The Morgan fingerprint density at radius 2 is 1.95 bits per heavy atom. The summed E-state index contributed by atoms with van der Waals surface area (Å²) >= 11 is 0. The summed E-state index contributed by atoms with van der Waals surface area (Å²) in [5.74, 6) is 0.165. The molecule has 0 radical (unpaired) electrons. The molecule has 1 heterocycles. The Bertz CT molecular complexity index is 457. The lowest BCUT2D eigenvalue weighted by atomic mass is 10.0. The highest BCUT2D eigenvalue weighted by molar-refractivity contribution is 5.89. The van der Waals surface area contributed by atoms with Gasteiger partial charge in [0.15, 0.2) is 0 Å². The van der Waals surface area contributed by atoms with Crippen molar-refractivity contribution in [3.8, 4) is 0 Å². The molecular formula is C15H22N2O3. The van der Waals surface area contributed by atoms with Crippen molar-refractivity contribution in [3.05, 3.63) is 29.8 Å². The zero-order chi connectivity index (χ0) is 14.7. The monoisotopic (exact) mass is 278 g/mol. The van der Waals surface area contributed by atoms with Gasteiger partial charge in [-0.3, -0.25) is 0 Å². The zero-order valence-electron chi connectivity index (χ0n) is 11.9. The second-order valence-electron chi connectivity index (χ2n) is 5.46. The van der Waals surface area contributed by atoms with Crippen molar-refractivity contribution in [2.75, 3.05) is 18.4 Å². The number of anilines is 1. The first-order valence-corrected chi connectivity index (χ1v) is 6.99. The van der Waals surface area contributed by atoms with Crippen molar-refractivity contribution in [1.29, 1.82) is 0 Å². The average Bonchev–Trinajstić information content (AvgIpc) is 2.89. The third-order valence-electron chi connectivity index (χ3n) is 3.84. The number of aliphatic hydroxyl groups is 2. The molecule has 0 aromatic heterocycles. The normalized spacial score (nSPS) is 21.6. The van der Waals surface area contributed by atoms with Crippen molar-refractivity contribution in [3.63, 3.8) is 0 Å². The lowest BCUT2D eigenvalue weighted by Gasteiger charge is -2.18. The Morgan fingerprint density at radius 3 is 2.45 bits per heavy atom. The average molecular weight is 278 g/mol. The molecule has 5 nitrogen and oxygen atoms in total. The van der Waals surface area contributed by atoms with Gasteiger partial charge in [0.1, 0.15) is 0 Å². The van der Waals surface area contributed by atoms with Crippen LogP contribution in [0.5, 0.6) is 0 Å². The molecule has 0 bridgehead atoms. The largest absolute Gasteiger partial charge is 0.393 e. The molecule has 0 aliphatic carbocycles. The van der Waals surface area contributed by atoms with Crippen LogP contribution >= 0.6 is 0 Å². The van der Waals surface area contributed by atoms with Gasteiger partial charge in [-0.15, -0.1) is 0 Å². The molecule has 20 heavy (non-hydrogen) atoms. The predicted molar refractivity (Wildman–Crippen MR) is 77.5 cm³/mol. The fraction of sp³-hybridized carbons (Fsp3) is 0.533. The van der Waals surface area contributed by atoms with Crippen molar-refractivity contribution in [2.45, 2.75) is 32.5 Å². The maximum atomic E-state index is 12.1. The maximum Gasteiger partial charge on any atom is 0.321 e. The molecule has 3 N–H and O–H groups in total. The molecule has 3 atom stereocenters. The number of nitrogens with zero attached hydrogens (tertiary/aromatic N) is 1. The summed E-state index contributed by atoms with van der Waals surface area (Å²) in [5.41, 5.74) is 1.53. The fourth-order valence-electron chi connectivity index (χ4n) is 2.41. The van der Waals surface area contributed by atoms with Crippen LogP contribution in [0.3, 0.4) is 0 Å². The Balaban J connectivity index is 1.92. The van der Waals surface area contributed by atoms with Gasteiger partial charge in [0, 0.05) is 24.7 Å². The second-order valence-corrected chi connectivity index (χ2v) is 5.46. The molecule has 110 valence electrons. The molecule has 0 spiro atoms. The van der Waals surface area contributed by atoms with E-state index in [1.165, 1.54) is 0 Å². The third kappa shape index (κ3) is 3.49. The molecule has 3 unspecified atom stereocenters. The Morgan fingerprint density at radius 1 is 1.30 bits per heavy atom. The standard InChI is InChI=1S/C15H22N2O3/c1-10(18)12-3-5-14(6-4-12)16-15(20)17-8-7-13(9-17)11(2)19/h3-6,10-11,13,18-19H,7-9H2,1-2H3,(H,16,20). The summed E-state index contributed by atoms with van der Waals surface area (Å²) < 4.78 is 0. The number of hydrogen-bond acceptors (Lipinski definition) is 3. The number of rotatable bonds is 3. The quantitative estimate of drug-likeness (QED) is 0.791. The fourth-order valence-corrected chi connectivity index (χ4v) is 2.41. The van der Waals surface area contributed by atoms with Crippen LogP contribution in [0.4, 0.5) is 10.5 Å². The van der Waals surface area contributed by atoms with Crippen molar-refractivity contribution < 1.29 is 15.0 Å². The number of carbonyl (C=O) groups excluding carboxylic acids is 1. The molecule has 2 rings (SSSR count). The summed E-state index contributed by atoms with van der Waals surface area (Å²) in [6, 6.07) is 7.01. The number of urea groups is 1. The van der Waals surface area contributed by atoms with E-state index in [-0.39, 0.29) is 18.1 Å². The molecule has 1 fully saturated rings. The van der Waals surface area contributed by atoms with Gasteiger partial charge in [-0.05, 0) is 38.0 Å². The van der Waals surface area contributed by atoms with E-state index in [9.17, 15) is 15.0 Å². The molecule has 1 aliphatic heterocycles. The lowest BCUT2D eigenvalue weighted by Crippen LogP contribution is -2.34. The van der Waals surface area contributed by atoms with E-state index in [2.05, 4.69) is 5.32 Å². The summed E-state index contributed by atoms with van der Waals surface area (Å²) in [4.78, 5) is 13.8. The van der Waals surface area contributed by atoms with E-state index in [1.807, 2.05) is 0 Å². The van der Waals surface area contributed by atoms with Gasteiger partial charge >= 0.3 is 6.03 Å². The third-order valence-corrected chi connectivity index (χ3v) is 3.84. The summed E-state index contributed by atoms with van der Waals surface area (Å²) in [6.07, 6.45) is -0.0465. The highest BCUT2D eigenvalue weighted by atomic mass is 16.3. The van der Waals surface area contributed by atoms with Crippen LogP contribution in [0.2, 0.25) is 0 Å². The number of carbonyl (C=O) groups is 1. The van der Waals surface area contributed by atoms with Crippen molar-refractivity contribution in [2.24, 2.45) is 5.92 Å². The molecule has 0 saturated carbocycles. The van der Waals surface area contributed by atoms with Gasteiger partial charge in [0.2, 0.25) is 0 Å². The molecule has 5 heteroatoms. The topological polar surface area (TPSA) is 72.8 Å². The number of aliphatic hydroxyl groups excluding tert-OH is 2. The molecule has 1 aromatic carbocycles. The first-order valence-electron chi connectivity index (χ1n) is 6.99. The van der Waals surface area contributed by atoms with Crippen LogP contribution in [0.25, 0.3) is 0 Å². The van der Waals surface area contributed by atoms with Crippen LogP contribution < -0.4 is 5.32 Å². The first-order chi connectivity index (χ1) is 9.47. The Hall–Kier alpha value is -1.59. The minimum atomic E-state index is -0.509. The van der Waals surface area contributed by atoms with E-state index < -0.39 is 6.10 Å². The second kappa shape index (κ2) is 6.24. The number of hydrogen-bond donors (Lipinski definition) is 3. The molecule has 1 aromatic rings. The Labute approximate surface area is 119 Å². The smallest absolute Gasteiger partial charge is 0.321 e. The van der Waals surface area contributed by atoms with E-state index >= 15 is 0 Å². The van der Waals surface area contributed by atoms with Gasteiger partial charge in [-0.2, -0.15) is 0 Å². The number of nitrogens with one attached hydrogen (secondary N) is 1. The summed E-state index contributed by atoms with van der Waals surface area (Å²) in [6.45, 7) is 4.73. The van der Waals surface area contributed by atoms with Crippen LogP contribution in [-0.4, -0.2) is 40.3 Å². The molecule has 2 amide bonds. The minimum absolute atomic E-state index is 0.141. The van der Waals surface area contributed by atoms with E-state index in [1.54, 1.807) is 43.0 Å². The number of likely N-dealkylation sites (tertiary alicyclic amines) is 1. The molecule has 1 saturated heterocycles. The van der Waals surface area contributed by atoms with E-state index in [0.717, 1.165) is 12.0 Å². The van der Waals surface area contributed by atoms with Crippen LogP contribution in [-0.2, 0) is 0 Å². The van der Waals surface area contributed by atoms with Gasteiger partial charge in [0.05, 0.1) is 12.2 Å². The van der Waals surface area contributed by atoms with Gasteiger partial charge < -0.3 is 20.4 Å². The summed E-state index contributed by atoms with van der Waals surface area (Å²) in [7, 11) is 0. The highest BCUT2D eigenvalue weighted by Crippen LogP contribution is 2.21. The predicted octanol–water partition coefficient (Wildman–Crippen LogP) is 1.97. The molecular weight excluding hydrogens is 256 g/mol. The first kappa shape index (κ1) is 14.8. The summed E-state index contributed by atoms with van der Waals surface area (Å²) in [5, 5.41) is 21.8. The highest BCUT2D eigenvalue weighted by Gasteiger charge is 2.28. The number of amides is 2. The van der Waals surface area contributed by atoms with E-state index in [4.69, 9.17) is 0 Å². The maximum absolute atomic E-state index is 12.1. The van der Waals surface area contributed by atoms with Crippen LogP contribution in [0, 0.1) is 5.92 Å². The van der Waals surface area contributed by atoms with Gasteiger partial charge in [-0.25, -0.2) is 4.79 Å². The van der Waals surface area contributed by atoms with Gasteiger partial charge in [0.25, 0.3) is 0 Å². The van der Waals surface area contributed by atoms with Crippen molar-refractivity contribution >= 4 is 11.7 Å². The van der Waals surface area contributed by atoms with E-state index in [0.29, 0.717) is 18.8 Å². The zero-order valence-corrected chi connectivity index (χ0v) is 11.9.